The van der Waals surface area contributed by atoms with Crippen LogP contribution < -0.4 is 4.74 Å². The summed E-state index contributed by atoms with van der Waals surface area (Å²) in [5.74, 6) is 0.377. The maximum absolute atomic E-state index is 12.2. The van der Waals surface area contributed by atoms with E-state index in [-0.39, 0.29) is 0 Å². The SMILES string of the molecule is CCOC(=O)c1[nH]c2ccccc2c1N=Cc1ccc(OC)cc1. The average Bonchev–Trinajstić information content (AvgIpc) is 2.99. The minimum absolute atomic E-state index is 0.315. The Balaban J connectivity index is 2.01. The quantitative estimate of drug-likeness (QED) is 0.568. The summed E-state index contributed by atoms with van der Waals surface area (Å²) in [7, 11) is 1.63. The lowest BCUT2D eigenvalue weighted by Gasteiger charge is -2.01. The summed E-state index contributed by atoms with van der Waals surface area (Å²) in [6.45, 7) is 2.09. The lowest BCUT2D eigenvalue weighted by molar-refractivity contribution is 0.0521. The van der Waals surface area contributed by atoms with Crippen molar-refractivity contribution < 1.29 is 14.3 Å². The highest BCUT2D eigenvalue weighted by Gasteiger charge is 2.17. The summed E-state index contributed by atoms with van der Waals surface area (Å²) >= 11 is 0. The fourth-order valence-electron chi connectivity index (χ4n) is 2.44. The van der Waals surface area contributed by atoms with Crippen LogP contribution in [-0.2, 0) is 4.74 Å². The highest BCUT2D eigenvalue weighted by molar-refractivity contribution is 6.06. The number of esters is 1. The number of rotatable bonds is 5. The van der Waals surface area contributed by atoms with Crippen LogP contribution >= 0.6 is 0 Å². The fraction of sp³-hybridized carbons (Fsp3) is 0.158. The van der Waals surface area contributed by atoms with E-state index in [2.05, 4.69) is 9.98 Å². The molecule has 0 fully saturated rings. The minimum Gasteiger partial charge on any atom is -0.497 e. The number of aromatic amines is 1. The maximum atomic E-state index is 12.2. The number of hydrogen-bond donors (Lipinski definition) is 1. The van der Waals surface area contributed by atoms with Gasteiger partial charge in [0.2, 0.25) is 0 Å². The number of aliphatic imine (C=N–C) groups is 1. The Hall–Kier alpha value is -3.08. The van der Waals surface area contributed by atoms with Crippen LogP contribution in [0.2, 0.25) is 0 Å². The molecule has 0 spiro atoms. The zero-order valence-corrected chi connectivity index (χ0v) is 13.6. The van der Waals surface area contributed by atoms with Crippen LogP contribution in [0.1, 0.15) is 23.0 Å². The van der Waals surface area contributed by atoms with E-state index in [4.69, 9.17) is 9.47 Å². The fourth-order valence-corrected chi connectivity index (χ4v) is 2.44. The molecule has 0 amide bonds. The van der Waals surface area contributed by atoms with Gasteiger partial charge in [0.15, 0.2) is 5.69 Å². The summed E-state index contributed by atoms with van der Waals surface area (Å²) in [5, 5.41) is 0.880. The average molecular weight is 322 g/mol. The third-order valence-corrected chi connectivity index (χ3v) is 3.62. The first-order valence-corrected chi connectivity index (χ1v) is 7.69. The number of para-hydroxylation sites is 1. The van der Waals surface area contributed by atoms with Gasteiger partial charge in [0, 0.05) is 17.1 Å². The Bertz CT molecular complexity index is 879. The number of ether oxygens (including phenoxy) is 2. The van der Waals surface area contributed by atoms with Crippen molar-refractivity contribution in [3.63, 3.8) is 0 Å². The normalized spacial score (nSPS) is 11.1. The molecule has 2 aromatic carbocycles. The molecule has 0 aliphatic rings. The summed E-state index contributed by atoms with van der Waals surface area (Å²) in [4.78, 5) is 19.8. The topological polar surface area (TPSA) is 63.7 Å². The molecule has 1 heterocycles. The Morgan fingerprint density at radius 3 is 2.62 bits per heavy atom. The van der Waals surface area contributed by atoms with Gasteiger partial charge in [-0.3, -0.25) is 4.99 Å². The highest BCUT2D eigenvalue weighted by atomic mass is 16.5. The summed E-state index contributed by atoms with van der Waals surface area (Å²) in [6, 6.07) is 15.2. The van der Waals surface area contributed by atoms with Gasteiger partial charge < -0.3 is 14.5 Å². The Kier molecular flexibility index (Phi) is 4.61. The number of aromatic nitrogens is 1. The van der Waals surface area contributed by atoms with E-state index in [1.54, 1.807) is 20.2 Å². The van der Waals surface area contributed by atoms with Crippen molar-refractivity contribution in [2.24, 2.45) is 4.99 Å². The lowest BCUT2D eigenvalue weighted by Crippen LogP contribution is -2.05. The van der Waals surface area contributed by atoms with Crippen molar-refractivity contribution >= 4 is 28.8 Å². The second-order valence-corrected chi connectivity index (χ2v) is 5.15. The van der Waals surface area contributed by atoms with Crippen LogP contribution in [-0.4, -0.2) is 30.9 Å². The number of methoxy groups -OCH3 is 1. The molecular weight excluding hydrogens is 304 g/mol. The molecule has 0 saturated heterocycles. The van der Waals surface area contributed by atoms with Gasteiger partial charge in [-0.15, -0.1) is 0 Å². The van der Waals surface area contributed by atoms with Crippen molar-refractivity contribution in [1.82, 2.24) is 4.98 Å². The second-order valence-electron chi connectivity index (χ2n) is 5.15. The van der Waals surface area contributed by atoms with Crippen LogP contribution in [0.4, 0.5) is 5.69 Å². The molecular formula is C19H18N2O3. The largest absolute Gasteiger partial charge is 0.497 e. The van der Waals surface area contributed by atoms with Crippen molar-refractivity contribution in [2.75, 3.05) is 13.7 Å². The van der Waals surface area contributed by atoms with Crippen molar-refractivity contribution in [2.45, 2.75) is 6.92 Å². The van der Waals surface area contributed by atoms with E-state index in [1.165, 1.54) is 0 Å². The number of benzene rings is 2. The van der Waals surface area contributed by atoms with Crippen LogP contribution in [0.3, 0.4) is 0 Å². The Morgan fingerprint density at radius 1 is 1.17 bits per heavy atom. The molecule has 0 saturated carbocycles. The molecule has 0 unspecified atom stereocenters. The lowest BCUT2D eigenvalue weighted by atomic mass is 10.2. The van der Waals surface area contributed by atoms with Gasteiger partial charge >= 0.3 is 5.97 Å². The summed E-state index contributed by atoms with van der Waals surface area (Å²) in [5.41, 5.74) is 2.71. The van der Waals surface area contributed by atoms with Gasteiger partial charge in [-0.2, -0.15) is 0 Å². The molecule has 3 aromatic rings. The van der Waals surface area contributed by atoms with Gasteiger partial charge in [-0.05, 0) is 42.8 Å². The zero-order valence-electron chi connectivity index (χ0n) is 13.6. The van der Waals surface area contributed by atoms with Gasteiger partial charge in [-0.1, -0.05) is 18.2 Å². The predicted molar refractivity (Wildman–Crippen MR) is 94.5 cm³/mol. The number of nitrogens with one attached hydrogen (secondary N) is 1. The number of fused-ring (bicyclic) bond motifs is 1. The van der Waals surface area contributed by atoms with E-state index in [1.807, 2.05) is 48.5 Å². The maximum Gasteiger partial charge on any atom is 0.357 e. The molecule has 122 valence electrons. The molecule has 24 heavy (non-hydrogen) atoms. The summed E-state index contributed by atoms with van der Waals surface area (Å²) < 4.78 is 10.3. The van der Waals surface area contributed by atoms with Gasteiger partial charge in [0.1, 0.15) is 11.4 Å². The van der Waals surface area contributed by atoms with E-state index >= 15 is 0 Å². The first-order chi connectivity index (χ1) is 11.7. The first kappa shape index (κ1) is 15.8. The molecule has 0 radical (unpaired) electrons. The van der Waals surface area contributed by atoms with Gasteiger partial charge in [0.25, 0.3) is 0 Å². The van der Waals surface area contributed by atoms with Crippen LogP contribution in [0.15, 0.2) is 53.5 Å². The molecule has 3 rings (SSSR count). The molecule has 0 atom stereocenters. The molecule has 5 heteroatoms. The Morgan fingerprint density at radius 2 is 1.92 bits per heavy atom. The molecule has 5 nitrogen and oxygen atoms in total. The zero-order chi connectivity index (χ0) is 16.9. The summed E-state index contributed by atoms with van der Waals surface area (Å²) in [6.07, 6.45) is 1.72. The molecule has 1 N–H and O–H groups in total. The van der Waals surface area contributed by atoms with E-state index in [0.29, 0.717) is 18.0 Å². The smallest absolute Gasteiger partial charge is 0.357 e. The van der Waals surface area contributed by atoms with Gasteiger partial charge in [0.05, 0.1) is 13.7 Å². The minimum atomic E-state index is -0.407. The van der Waals surface area contributed by atoms with Gasteiger partial charge in [-0.25, -0.2) is 4.79 Å². The standard InChI is InChI=1S/C19H18N2O3/c1-3-24-19(22)18-17(15-6-4-5-7-16(15)21-18)20-12-13-8-10-14(23-2)11-9-13/h4-12,21H,3H2,1-2H3. The van der Waals surface area contributed by atoms with E-state index in [9.17, 15) is 4.79 Å². The van der Waals surface area contributed by atoms with Crippen molar-refractivity contribution in [1.29, 1.82) is 0 Å². The van der Waals surface area contributed by atoms with E-state index in [0.717, 1.165) is 22.2 Å². The van der Waals surface area contributed by atoms with E-state index < -0.39 is 5.97 Å². The van der Waals surface area contributed by atoms with Crippen LogP contribution in [0.25, 0.3) is 10.9 Å². The molecule has 0 bridgehead atoms. The highest BCUT2D eigenvalue weighted by Crippen LogP contribution is 2.31. The molecule has 1 aromatic heterocycles. The second kappa shape index (κ2) is 7.00. The van der Waals surface area contributed by atoms with Crippen LogP contribution in [0.5, 0.6) is 5.75 Å². The number of hydrogen-bond acceptors (Lipinski definition) is 4. The van der Waals surface area contributed by atoms with Crippen LogP contribution in [0, 0.1) is 0 Å². The number of H-pyrrole nitrogens is 1. The number of nitrogens with zero attached hydrogens (tertiary/aromatic N) is 1. The monoisotopic (exact) mass is 322 g/mol. The molecule has 0 aliphatic carbocycles. The predicted octanol–water partition coefficient (Wildman–Crippen LogP) is 4.10. The molecule has 0 aliphatic heterocycles. The number of carbonyl (C=O) groups is 1. The van der Waals surface area contributed by atoms with Crippen molar-refractivity contribution in [3.8, 4) is 5.75 Å². The number of carbonyl (C=O) groups excluding carboxylic acids is 1. The Labute approximate surface area is 139 Å². The van der Waals surface area contributed by atoms with Crippen molar-refractivity contribution in [3.05, 3.63) is 59.8 Å². The third-order valence-electron chi connectivity index (χ3n) is 3.62. The first-order valence-electron chi connectivity index (χ1n) is 7.69. The third kappa shape index (κ3) is 3.15.